The monoisotopic (exact) mass is 229 g/mol. The molecule has 1 aromatic carbocycles. The first-order chi connectivity index (χ1) is 8.31. The molecule has 1 heterocycles. The van der Waals surface area contributed by atoms with Crippen LogP contribution in [0.3, 0.4) is 0 Å². The predicted octanol–water partition coefficient (Wildman–Crippen LogP) is 2.65. The molecule has 3 rings (SSSR count). The molecule has 1 aromatic heterocycles. The zero-order chi connectivity index (χ0) is 11.8. The lowest BCUT2D eigenvalue weighted by Gasteiger charge is -2.20. The Morgan fingerprint density at radius 2 is 2.18 bits per heavy atom. The predicted molar refractivity (Wildman–Crippen MR) is 70.0 cm³/mol. The standard InChI is InChI=1S/C14H19N3/c1-2-14-16-11-7-3-4-8-13(11)17(14)12-9-5-6-10(12)15/h3-4,7-8,10,12H,2,5-6,9,15H2,1H3. The van der Waals surface area contributed by atoms with E-state index in [0.29, 0.717) is 6.04 Å². The van der Waals surface area contributed by atoms with Crippen LogP contribution in [-0.4, -0.2) is 15.6 Å². The smallest absolute Gasteiger partial charge is 0.109 e. The number of nitrogens with two attached hydrogens (primary N) is 1. The molecular weight excluding hydrogens is 210 g/mol. The highest BCUT2D eigenvalue weighted by Gasteiger charge is 2.28. The van der Waals surface area contributed by atoms with Crippen LogP contribution in [0, 0.1) is 0 Å². The first kappa shape index (κ1) is 10.8. The van der Waals surface area contributed by atoms with E-state index in [0.717, 1.165) is 18.4 Å². The van der Waals surface area contributed by atoms with Gasteiger partial charge in [-0.1, -0.05) is 19.1 Å². The van der Waals surface area contributed by atoms with E-state index in [9.17, 15) is 0 Å². The van der Waals surface area contributed by atoms with Gasteiger partial charge < -0.3 is 10.3 Å². The molecule has 2 N–H and O–H groups in total. The number of aromatic nitrogens is 2. The topological polar surface area (TPSA) is 43.8 Å². The molecular formula is C14H19N3. The van der Waals surface area contributed by atoms with E-state index in [4.69, 9.17) is 10.7 Å². The van der Waals surface area contributed by atoms with Crippen molar-refractivity contribution < 1.29 is 0 Å². The molecule has 2 aromatic rings. The maximum absolute atomic E-state index is 6.24. The molecule has 0 amide bonds. The van der Waals surface area contributed by atoms with E-state index >= 15 is 0 Å². The van der Waals surface area contributed by atoms with Gasteiger partial charge in [0.2, 0.25) is 0 Å². The molecule has 2 atom stereocenters. The number of fused-ring (bicyclic) bond motifs is 1. The van der Waals surface area contributed by atoms with Crippen LogP contribution >= 0.6 is 0 Å². The van der Waals surface area contributed by atoms with E-state index in [2.05, 4.69) is 29.7 Å². The molecule has 1 aliphatic rings. The van der Waals surface area contributed by atoms with Crippen molar-refractivity contribution in [2.24, 2.45) is 5.73 Å². The summed E-state index contributed by atoms with van der Waals surface area (Å²) in [5.74, 6) is 1.17. The van der Waals surface area contributed by atoms with Gasteiger partial charge in [-0.05, 0) is 31.4 Å². The summed E-state index contributed by atoms with van der Waals surface area (Å²) < 4.78 is 2.38. The Kier molecular flexibility index (Phi) is 2.63. The second-order valence-corrected chi connectivity index (χ2v) is 4.90. The highest BCUT2D eigenvalue weighted by molar-refractivity contribution is 5.76. The molecule has 3 nitrogen and oxygen atoms in total. The second-order valence-electron chi connectivity index (χ2n) is 4.90. The van der Waals surface area contributed by atoms with Gasteiger partial charge in [0, 0.05) is 12.5 Å². The number of benzene rings is 1. The second kappa shape index (κ2) is 4.15. The summed E-state index contributed by atoms with van der Waals surface area (Å²) in [6, 6.07) is 9.11. The number of rotatable bonds is 2. The third kappa shape index (κ3) is 1.65. The Morgan fingerprint density at radius 1 is 1.35 bits per heavy atom. The van der Waals surface area contributed by atoms with Crippen LogP contribution in [0.4, 0.5) is 0 Å². The van der Waals surface area contributed by atoms with Crippen molar-refractivity contribution in [3.8, 4) is 0 Å². The summed E-state index contributed by atoms with van der Waals surface area (Å²) in [5, 5.41) is 0. The van der Waals surface area contributed by atoms with Crippen LogP contribution < -0.4 is 5.73 Å². The lowest BCUT2D eigenvalue weighted by atomic mass is 10.1. The van der Waals surface area contributed by atoms with Gasteiger partial charge in [0.1, 0.15) is 5.82 Å². The van der Waals surface area contributed by atoms with Gasteiger partial charge in [-0.2, -0.15) is 0 Å². The lowest BCUT2D eigenvalue weighted by molar-refractivity contribution is 0.459. The van der Waals surface area contributed by atoms with Gasteiger partial charge in [-0.25, -0.2) is 4.98 Å². The summed E-state index contributed by atoms with van der Waals surface area (Å²) in [6.07, 6.45) is 4.54. The fraction of sp³-hybridized carbons (Fsp3) is 0.500. The van der Waals surface area contributed by atoms with Crippen LogP contribution in [0.2, 0.25) is 0 Å². The minimum atomic E-state index is 0.290. The number of aryl methyl sites for hydroxylation is 1. The van der Waals surface area contributed by atoms with Crippen molar-refractivity contribution in [1.82, 2.24) is 9.55 Å². The first-order valence-corrected chi connectivity index (χ1v) is 6.52. The molecule has 3 heteroatoms. The Labute approximate surface area is 102 Å². The lowest BCUT2D eigenvalue weighted by Crippen LogP contribution is -2.28. The molecule has 0 bridgehead atoms. The molecule has 1 saturated carbocycles. The maximum Gasteiger partial charge on any atom is 0.109 e. The van der Waals surface area contributed by atoms with E-state index in [1.54, 1.807) is 0 Å². The molecule has 0 radical (unpaired) electrons. The molecule has 0 aliphatic heterocycles. The van der Waals surface area contributed by atoms with Crippen LogP contribution in [0.1, 0.15) is 38.1 Å². The normalized spacial score (nSPS) is 24.6. The van der Waals surface area contributed by atoms with E-state index in [-0.39, 0.29) is 6.04 Å². The van der Waals surface area contributed by atoms with E-state index in [1.807, 2.05) is 6.07 Å². The van der Waals surface area contributed by atoms with E-state index in [1.165, 1.54) is 24.2 Å². The molecule has 1 aliphatic carbocycles. The summed E-state index contributed by atoms with van der Waals surface area (Å²) in [4.78, 5) is 4.72. The van der Waals surface area contributed by atoms with Gasteiger partial charge in [-0.15, -0.1) is 0 Å². The zero-order valence-electron chi connectivity index (χ0n) is 10.3. The molecule has 0 spiro atoms. The Bertz CT molecular complexity index is 529. The summed E-state index contributed by atoms with van der Waals surface area (Å²) in [6.45, 7) is 2.16. The fourth-order valence-electron chi connectivity index (χ4n) is 3.00. The van der Waals surface area contributed by atoms with Crippen molar-refractivity contribution in [2.75, 3.05) is 0 Å². The average Bonchev–Trinajstić information content (AvgIpc) is 2.91. The SMILES string of the molecule is CCc1nc2ccccc2n1C1CCCC1N. The summed E-state index contributed by atoms with van der Waals surface area (Å²) in [7, 11) is 0. The highest BCUT2D eigenvalue weighted by atomic mass is 15.1. The minimum absolute atomic E-state index is 0.290. The van der Waals surface area contributed by atoms with Crippen molar-refractivity contribution in [3.63, 3.8) is 0 Å². The van der Waals surface area contributed by atoms with Gasteiger partial charge in [-0.3, -0.25) is 0 Å². The van der Waals surface area contributed by atoms with Crippen molar-refractivity contribution in [2.45, 2.75) is 44.7 Å². The summed E-state index contributed by atoms with van der Waals surface area (Å²) >= 11 is 0. The third-order valence-corrected chi connectivity index (χ3v) is 3.85. The van der Waals surface area contributed by atoms with Crippen molar-refractivity contribution in [1.29, 1.82) is 0 Å². The molecule has 90 valence electrons. The van der Waals surface area contributed by atoms with Gasteiger partial charge in [0.25, 0.3) is 0 Å². The Morgan fingerprint density at radius 3 is 2.88 bits per heavy atom. The number of nitrogens with zero attached hydrogens (tertiary/aromatic N) is 2. The van der Waals surface area contributed by atoms with E-state index < -0.39 is 0 Å². The number of hydrogen-bond acceptors (Lipinski definition) is 2. The molecule has 17 heavy (non-hydrogen) atoms. The van der Waals surface area contributed by atoms with Gasteiger partial charge >= 0.3 is 0 Å². The van der Waals surface area contributed by atoms with Crippen LogP contribution in [0.5, 0.6) is 0 Å². The maximum atomic E-state index is 6.24. The number of para-hydroxylation sites is 2. The highest BCUT2D eigenvalue weighted by Crippen LogP contribution is 2.33. The average molecular weight is 229 g/mol. The van der Waals surface area contributed by atoms with Gasteiger partial charge in [0.15, 0.2) is 0 Å². The van der Waals surface area contributed by atoms with Crippen molar-refractivity contribution in [3.05, 3.63) is 30.1 Å². The largest absolute Gasteiger partial charge is 0.326 e. The third-order valence-electron chi connectivity index (χ3n) is 3.85. The minimum Gasteiger partial charge on any atom is -0.326 e. The molecule has 1 fully saturated rings. The quantitative estimate of drug-likeness (QED) is 0.860. The number of imidazole rings is 1. The zero-order valence-corrected chi connectivity index (χ0v) is 10.3. The first-order valence-electron chi connectivity index (χ1n) is 6.52. The van der Waals surface area contributed by atoms with Gasteiger partial charge in [0.05, 0.1) is 17.1 Å². The molecule has 0 saturated heterocycles. The fourth-order valence-corrected chi connectivity index (χ4v) is 3.00. The Balaban J connectivity index is 2.18. The van der Waals surface area contributed by atoms with Crippen molar-refractivity contribution >= 4 is 11.0 Å². The molecule has 2 unspecified atom stereocenters. The number of hydrogen-bond donors (Lipinski definition) is 1. The van der Waals surface area contributed by atoms with Crippen LogP contribution in [-0.2, 0) is 6.42 Å². The Hall–Kier alpha value is -1.35. The summed E-state index contributed by atoms with van der Waals surface area (Å²) in [5.41, 5.74) is 8.58. The van der Waals surface area contributed by atoms with Crippen LogP contribution in [0.25, 0.3) is 11.0 Å². The van der Waals surface area contributed by atoms with Crippen LogP contribution in [0.15, 0.2) is 24.3 Å².